The number of nitrogens with one attached hydrogen (secondary N) is 2. The summed E-state index contributed by atoms with van der Waals surface area (Å²) < 4.78 is 5.75. The van der Waals surface area contributed by atoms with Crippen LogP contribution in [0.1, 0.15) is 5.56 Å². The molecule has 0 aromatic carbocycles. The standard InChI is InChI=1S/C17H22N6O2/c24-17(20-10-14-3-1-5-18-9-14)13-23-7-8-25-15(12-23)11-19-16-4-2-6-21-22-16/h1-6,9,15H,7-8,10-13H2,(H,19,22)(H,20,24)/t15-/m0/s1. The summed E-state index contributed by atoms with van der Waals surface area (Å²) in [4.78, 5) is 18.3. The first-order valence-electron chi connectivity index (χ1n) is 8.31. The molecule has 3 rings (SSSR count). The first kappa shape index (κ1) is 17.2. The van der Waals surface area contributed by atoms with E-state index in [-0.39, 0.29) is 12.0 Å². The van der Waals surface area contributed by atoms with E-state index in [1.54, 1.807) is 18.6 Å². The maximum Gasteiger partial charge on any atom is 0.234 e. The number of anilines is 1. The lowest BCUT2D eigenvalue weighted by Crippen LogP contribution is -2.48. The minimum Gasteiger partial charge on any atom is -0.374 e. The first-order valence-corrected chi connectivity index (χ1v) is 8.31. The van der Waals surface area contributed by atoms with E-state index in [0.29, 0.717) is 32.8 Å². The Morgan fingerprint density at radius 3 is 3.04 bits per heavy atom. The maximum atomic E-state index is 12.1. The van der Waals surface area contributed by atoms with Crippen molar-refractivity contribution in [3.8, 4) is 0 Å². The fourth-order valence-electron chi connectivity index (χ4n) is 2.62. The summed E-state index contributed by atoms with van der Waals surface area (Å²) in [6, 6.07) is 7.49. The lowest BCUT2D eigenvalue weighted by Gasteiger charge is -2.32. The molecule has 8 heteroatoms. The van der Waals surface area contributed by atoms with E-state index < -0.39 is 0 Å². The number of hydrogen-bond donors (Lipinski definition) is 2. The summed E-state index contributed by atoms with van der Waals surface area (Å²) in [5, 5.41) is 13.9. The molecule has 25 heavy (non-hydrogen) atoms. The van der Waals surface area contributed by atoms with Crippen molar-refractivity contribution in [3.63, 3.8) is 0 Å². The van der Waals surface area contributed by atoms with E-state index in [1.165, 1.54) is 0 Å². The van der Waals surface area contributed by atoms with Crippen molar-refractivity contribution < 1.29 is 9.53 Å². The Bertz CT molecular complexity index is 655. The van der Waals surface area contributed by atoms with Gasteiger partial charge in [0.25, 0.3) is 0 Å². The molecule has 0 saturated carbocycles. The van der Waals surface area contributed by atoms with Crippen molar-refractivity contribution >= 4 is 11.7 Å². The zero-order valence-electron chi connectivity index (χ0n) is 14.0. The molecule has 2 aromatic heterocycles. The quantitative estimate of drug-likeness (QED) is 0.748. The molecule has 132 valence electrons. The van der Waals surface area contributed by atoms with Crippen LogP contribution in [0.4, 0.5) is 5.82 Å². The van der Waals surface area contributed by atoms with Gasteiger partial charge in [0.2, 0.25) is 5.91 Å². The zero-order valence-corrected chi connectivity index (χ0v) is 14.0. The first-order chi connectivity index (χ1) is 12.3. The van der Waals surface area contributed by atoms with Crippen LogP contribution in [0.25, 0.3) is 0 Å². The van der Waals surface area contributed by atoms with E-state index in [0.717, 1.165) is 17.9 Å². The summed E-state index contributed by atoms with van der Waals surface area (Å²) >= 11 is 0. The number of pyridine rings is 1. The highest BCUT2D eigenvalue weighted by Gasteiger charge is 2.22. The summed E-state index contributed by atoms with van der Waals surface area (Å²) in [7, 11) is 0. The van der Waals surface area contributed by atoms with Crippen molar-refractivity contribution in [1.29, 1.82) is 0 Å². The van der Waals surface area contributed by atoms with Crippen molar-refractivity contribution in [2.45, 2.75) is 12.6 Å². The summed E-state index contributed by atoms with van der Waals surface area (Å²) in [6.07, 6.45) is 5.12. The van der Waals surface area contributed by atoms with Crippen LogP contribution in [0.5, 0.6) is 0 Å². The van der Waals surface area contributed by atoms with Gasteiger partial charge < -0.3 is 15.4 Å². The summed E-state index contributed by atoms with van der Waals surface area (Å²) in [5.41, 5.74) is 0.990. The van der Waals surface area contributed by atoms with Crippen molar-refractivity contribution in [2.24, 2.45) is 0 Å². The van der Waals surface area contributed by atoms with E-state index in [4.69, 9.17) is 4.74 Å². The smallest absolute Gasteiger partial charge is 0.234 e. The zero-order chi connectivity index (χ0) is 17.3. The van der Waals surface area contributed by atoms with Crippen LogP contribution in [0, 0.1) is 0 Å². The number of morpholine rings is 1. The number of aromatic nitrogens is 3. The Morgan fingerprint density at radius 2 is 2.24 bits per heavy atom. The van der Waals surface area contributed by atoms with Crippen LogP contribution in [0.2, 0.25) is 0 Å². The molecule has 3 heterocycles. The minimum absolute atomic E-state index is 0.00592. The second kappa shape index (κ2) is 9.05. The molecule has 1 fully saturated rings. The average Bonchev–Trinajstić information content (AvgIpc) is 2.67. The molecule has 0 aliphatic carbocycles. The second-order valence-electron chi connectivity index (χ2n) is 5.86. The van der Waals surface area contributed by atoms with Crippen molar-refractivity contribution in [1.82, 2.24) is 25.4 Å². The third-order valence-corrected chi connectivity index (χ3v) is 3.89. The molecule has 1 atom stereocenters. The SMILES string of the molecule is O=C(CN1CCO[C@@H](CNc2cccnn2)C1)NCc1cccnc1. The van der Waals surface area contributed by atoms with Gasteiger partial charge in [-0.05, 0) is 23.8 Å². The van der Waals surface area contributed by atoms with E-state index >= 15 is 0 Å². The fraction of sp³-hybridized carbons (Fsp3) is 0.412. The normalized spacial score (nSPS) is 17.8. The van der Waals surface area contributed by atoms with Gasteiger partial charge >= 0.3 is 0 Å². The van der Waals surface area contributed by atoms with E-state index in [9.17, 15) is 4.79 Å². The molecule has 1 amide bonds. The largest absolute Gasteiger partial charge is 0.374 e. The lowest BCUT2D eigenvalue weighted by atomic mass is 10.2. The monoisotopic (exact) mass is 342 g/mol. The Labute approximate surface area is 146 Å². The van der Waals surface area contributed by atoms with Crippen LogP contribution in [0.15, 0.2) is 42.9 Å². The molecule has 2 aromatic rings. The highest BCUT2D eigenvalue weighted by Crippen LogP contribution is 2.07. The van der Waals surface area contributed by atoms with Crippen LogP contribution < -0.4 is 10.6 Å². The number of ether oxygens (including phenoxy) is 1. The van der Waals surface area contributed by atoms with Gasteiger partial charge in [-0.25, -0.2) is 0 Å². The molecule has 2 N–H and O–H groups in total. The van der Waals surface area contributed by atoms with Gasteiger partial charge in [0.15, 0.2) is 0 Å². The predicted molar refractivity (Wildman–Crippen MR) is 92.8 cm³/mol. The molecule has 0 radical (unpaired) electrons. The lowest BCUT2D eigenvalue weighted by molar-refractivity contribution is -0.124. The van der Waals surface area contributed by atoms with Crippen LogP contribution in [-0.2, 0) is 16.1 Å². The van der Waals surface area contributed by atoms with Crippen LogP contribution in [-0.4, -0.2) is 64.9 Å². The molecule has 1 aliphatic heterocycles. The maximum absolute atomic E-state index is 12.1. The molecule has 1 saturated heterocycles. The minimum atomic E-state index is 0.00592. The van der Waals surface area contributed by atoms with Gasteiger partial charge in [0.1, 0.15) is 5.82 Å². The topological polar surface area (TPSA) is 92.3 Å². The van der Waals surface area contributed by atoms with Crippen LogP contribution in [0.3, 0.4) is 0 Å². The van der Waals surface area contributed by atoms with Gasteiger partial charge in [-0.1, -0.05) is 6.07 Å². The number of amides is 1. The molecule has 0 bridgehead atoms. The number of nitrogens with zero attached hydrogens (tertiary/aromatic N) is 4. The van der Waals surface area contributed by atoms with Crippen LogP contribution >= 0.6 is 0 Å². The molecular weight excluding hydrogens is 320 g/mol. The Morgan fingerprint density at radius 1 is 1.32 bits per heavy atom. The van der Waals surface area contributed by atoms with Crippen molar-refractivity contribution in [2.75, 3.05) is 38.1 Å². The Kier molecular flexibility index (Phi) is 6.24. The van der Waals surface area contributed by atoms with Gasteiger partial charge in [-0.3, -0.25) is 14.7 Å². The van der Waals surface area contributed by atoms with Gasteiger partial charge in [0, 0.05) is 44.8 Å². The Hall–Kier alpha value is -2.58. The molecular formula is C17H22N6O2. The molecule has 1 aliphatic rings. The average molecular weight is 342 g/mol. The van der Waals surface area contributed by atoms with Gasteiger partial charge in [-0.15, -0.1) is 5.10 Å². The van der Waals surface area contributed by atoms with Gasteiger partial charge in [0.05, 0.1) is 19.3 Å². The number of hydrogen-bond acceptors (Lipinski definition) is 7. The highest BCUT2D eigenvalue weighted by molar-refractivity contribution is 5.78. The Balaban J connectivity index is 1.39. The third-order valence-electron chi connectivity index (χ3n) is 3.89. The summed E-state index contributed by atoms with van der Waals surface area (Å²) in [5.74, 6) is 0.726. The number of carbonyl (C=O) groups excluding carboxylic acids is 1. The summed E-state index contributed by atoms with van der Waals surface area (Å²) in [6.45, 7) is 3.56. The highest BCUT2D eigenvalue weighted by atomic mass is 16.5. The number of rotatable bonds is 7. The predicted octanol–water partition coefficient (Wildman–Crippen LogP) is 0.301. The fourth-order valence-corrected chi connectivity index (χ4v) is 2.62. The van der Waals surface area contributed by atoms with Gasteiger partial charge in [-0.2, -0.15) is 5.10 Å². The molecule has 0 spiro atoms. The molecule has 8 nitrogen and oxygen atoms in total. The van der Waals surface area contributed by atoms with E-state index in [1.807, 2.05) is 24.3 Å². The van der Waals surface area contributed by atoms with Crippen molar-refractivity contribution in [3.05, 3.63) is 48.4 Å². The molecule has 0 unspecified atom stereocenters. The third kappa shape index (κ3) is 5.77. The van der Waals surface area contributed by atoms with E-state index in [2.05, 4.69) is 30.7 Å². The second-order valence-corrected chi connectivity index (χ2v) is 5.86. The number of carbonyl (C=O) groups is 1.